The summed E-state index contributed by atoms with van der Waals surface area (Å²) in [5.74, 6) is 0. The normalized spacial score (nSPS) is 18.7. The van der Waals surface area contributed by atoms with E-state index in [2.05, 4.69) is 47.7 Å². The van der Waals surface area contributed by atoms with E-state index < -0.39 is 0 Å². The first-order valence-electron chi connectivity index (χ1n) is 8.07. The van der Waals surface area contributed by atoms with Crippen LogP contribution in [0.1, 0.15) is 35.5 Å². The highest BCUT2D eigenvalue weighted by molar-refractivity contribution is 7.09. The SMILES string of the molecule is CN(Cc1csc(Cc2ccccc2)n1)CC1CCCCO1. The molecule has 1 saturated heterocycles. The monoisotopic (exact) mass is 316 g/mol. The van der Waals surface area contributed by atoms with Gasteiger partial charge in [0.1, 0.15) is 0 Å². The molecule has 1 aromatic carbocycles. The number of rotatable bonds is 6. The number of likely N-dealkylation sites (N-methyl/N-ethyl adjacent to an activating group) is 1. The van der Waals surface area contributed by atoms with Gasteiger partial charge in [0.25, 0.3) is 0 Å². The molecule has 1 aliphatic heterocycles. The van der Waals surface area contributed by atoms with Crippen molar-refractivity contribution in [3.8, 4) is 0 Å². The van der Waals surface area contributed by atoms with E-state index in [4.69, 9.17) is 9.72 Å². The van der Waals surface area contributed by atoms with Crippen molar-refractivity contribution in [3.05, 3.63) is 52.0 Å². The molecular weight excluding hydrogens is 292 g/mol. The predicted molar refractivity (Wildman–Crippen MR) is 91.3 cm³/mol. The van der Waals surface area contributed by atoms with Crippen LogP contribution in [0.25, 0.3) is 0 Å². The molecule has 0 saturated carbocycles. The minimum Gasteiger partial charge on any atom is -0.377 e. The quantitative estimate of drug-likeness (QED) is 0.812. The molecule has 0 spiro atoms. The zero-order valence-corrected chi connectivity index (χ0v) is 14.0. The number of ether oxygens (including phenoxy) is 1. The van der Waals surface area contributed by atoms with Crippen LogP contribution < -0.4 is 0 Å². The van der Waals surface area contributed by atoms with Gasteiger partial charge in [0.2, 0.25) is 0 Å². The summed E-state index contributed by atoms with van der Waals surface area (Å²) in [6.07, 6.45) is 5.05. The fraction of sp³-hybridized carbons (Fsp3) is 0.500. The molecule has 1 aromatic heterocycles. The lowest BCUT2D eigenvalue weighted by molar-refractivity contribution is -0.00272. The Morgan fingerprint density at radius 3 is 2.91 bits per heavy atom. The number of thiazole rings is 1. The first-order valence-corrected chi connectivity index (χ1v) is 8.95. The molecule has 3 nitrogen and oxygen atoms in total. The maximum atomic E-state index is 5.81. The Morgan fingerprint density at radius 1 is 1.27 bits per heavy atom. The van der Waals surface area contributed by atoms with E-state index in [1.54, 1.807) is 11.3 Å². The summed E-state index contributed by atoms with van der Waals surface area (Å²) < 4.78 is 5.81. The molecule has 2 aromatic rings. The second kappa shape index (κ2) is 7.86. The molecule has 0 amide bonds. The lowest BCUT2D eigenvalue weighted by Gasteiger charge is -2.26. The minimum atomic E-state index is 0.404. The summed E-state index contributed by atoms with van der Waals surface area (Å²) in [6, 6.07) is 10.5. The summed E-state index contributed by atoms with van der Waals surface area (Å²) in [5.41, 5.74) is 2.50. The van der Waals surface area contributed by atoms with Gasteiger partial charge in [-0.2, -0.15) is 0 Å². The van der Waals surface area contributed by atoms with E-state index >= 15 is 0 Å². The van der Waals surface area contributed by atoms with Crippen LogP contribution in [0.5, 0.6) is 0 Å². The Kier molecular flexibility index (Phi) is 5.59. The van der Waals surface area contributed by atoms with Crippen molar-refractivity contribution in [2.24, 2.45) is 0 Å². The summed E-state index contributed by atoms with van der Waals surface area (Å²) in [7, 11) is 2.16. The van der Waals surface area contributed by atoms with Crippen LogP contribution >= 0.6 is 11.3 Å². The molecule has 4 heteroatoms. The molecule has 2 heterocycles. The van der Waals surface area contributed by atoms with Gasteiger partial charge in [-0.25, -0.2) is 4.98 Å². The Morgan fingerprint density at radius 2 is 2.14 bits per heavy atom. The third-order valence-corrected chi connectivity index (χ3v) is 4.92. The van der Waals surface area contributed by atoms with Crippen molar-refractivity contribution in [3.63, 3.8) is 0 Å². The lowest BCUT2D eigenvalue weighted by atomic mass is 10.1. The smallest absolute Gasteiger partial charge is 0.0972 e. The average molecular weight is 316 g/mol. The molecule has 0 aliphatic carbocycles. The molecule has 1 atom stereocenters. The van der Waals surface area contributed by atoms with Crippen LogP contribution in [0.15, 0.2) is 35.7 Å². The molecule has 1 aliphatic rings. The van der Waals surface area contributed by atoms with E-state index in [1.165, 1.54) is 35.5 Å². The zero-order chi connectivity index (χ0) is 15.2. The molecule has 3 rings (SSSR count). The van der Waals surface area contributed by atoms with Crippen LogP contribution in [-0.2, 0) is 17.7 Å². The van der Waals surface area contributed by atoms with Gasteiger partial charge in [-0.15, -0.1) is 11.3 Å². The number of aromatic nitrogens is 1. The maximum absolute atomic E-state index is 5.81. The van der Waals surface area contributed by atoms with Gasteiger partial charge in [0.15, 0.2) is 0 Å². The second-order valence-electron chi connectivity index (χ2n) is 6.08. The lowest BCUT2D eigenvalue weighted by Crippen LogP contribution is -2.33. The summed E-state index contributed by atoms with van der Waals surface area (Å²) in [5, 5.41) is 3.39. The Balaban J connectivity index is 1.50. The van der Waals surface area contributed by atoms with Crippen molar-refractivity contribution < 1.29 is 4.74 Å². The molecule has 1 unspecified atom stereocenters. The first kappa shape index (κ1) is 15.7. The molecule has 118 valence electrons. The van der Waals surface area contributed by atoms with E-state index in [-0.39, 0.29) is 0 Å². The predicted octanol–water partition coefficient (Wildman–Crippen LogP) is 3.73. The number of hydrogen-bond acceptors (Lipinski definition) is 4. The first-order chi connectivity index (χ1) is 10.8. The number of hydrogen-bond donors (Lipinski definition) is 0. The molecule has 0 bridgehead atoms. The average Bonchev–Trinajstić information content (AvgIpc) is 2.96. The Bertz CT molecular complexity index is 563. The Labute approximate surface area is 137 Å². The Hall–Kier alpha value is -1.23. The van der Waals surface area contributed by atoms with Gasteiger partial charge in [-0.1, -0.05) is 30.3 Å². The van der Waals surface area contributed by atoms with Gasteiger partial charge in [-0.3, -0.25) is 4.90 Å². The van der Waals surface area contributed by atoms with Gasteiger partial charge >= 0.3 is 0 Å². The highest BCUT2D eigenvalue weighted by Crippen LogP contribution is 2.17. The zero-order valence-electron chi connectivity index (χ0n) is 13.2. The molecule has 22 heavy (non-hydrogen) atoms. The molecule has 0 N–H and O–H groups in total. The van der Waals surface area contributed by atoms with Crippen molar-refractivity contribution >= 4 is 11.3 Å². The van der Waals surface area contributed by atoms with Gasteiger partial charge < -0.3 is 4.74 Å². The topological polar surface area (TPSA) is 25.4 Å². The largest absolute Gasteiger partial charge is 0.377 e. The van der Waals surface area contributed by atoms with Gasteiger partial charge in [-0.05, 0) is 31.9 Å². The van der Waals surface area contributed by atoms with Crippen LogP contribution in [0.2, 0.25) is 0 Å². The number of benzene rings is 1. The summed E-state index contributed by atoms with van der Waals surface area (Å²) in [4.78, 5) is 7.11. The van der Waals surface area contributed by atoms with Crippen LogP contribution in [0, 0.1) is 0 Å². The van der Waals surface area contributed by atoms with Crippen LogP contribution in [-0.4, -0.2) is 36.2 Å². The summed E-state index contributed by atoms with van der Waals surface area (Å²) in [6.45, 7) is 2.84. The maximum Gasteiger partial charge on any atom is 0.0972 e. The molecular formula is C18H24N2OS. The highest BCUT2D eigenvalue weighted by Gasteiger charge is 2.16. The standard InChI is InChI=1S/C18H24N2OS/c1-20(13-17-9-5-6-10-21-17)12-16-14-22-18(19-16)11-15-7-3-2-4-8-15/h2-4,7-8,14,17H,5-6,9-13H2,1H3. The third-order valence-electron chi connectivity index (χ3n) is 4.02. The molecule has 0 radical (unpaired) electrons. The fourth-order valence-corrected chi connectivity index (χ4v) is 3.73. The fourth-order valence-electron chi connectivity index (χ4n) is 2.91. The van der Waals surface area contributed by atoms with Gasteiger partial charge in [0.05, 0.1) is 16.8 Å². The van der Waals surface area contributed by atoms with Crippen molar-refractivity contribution in [1.82, 2.24) is 9.88 Å². The minimum absolute atomic E-state index is 0.404. The molecule has 1 fully saturated rings. The van der Waals surface area contributed by atoms with Crippen molar-refractivity contribution in [2.45, 2.75) is 38.3 Å². The van der Waals surface area contributed by atoms with Crippen molar-refractivity contribution in [2.75, 3.05) is 20.2 Å². The van der Waals surface area contributed by atoms with E-state index in [1.807, 2.05) is 0 Å². The van der Waals surface area contributed by atoms with Crippen molar-refractivity contribution in [1.29, 1.82) is 0 Å². The number of nitrogens with zero attached hydrogens (tertiary/aromatic N) is 2. The van der Waals surface area contributed by atoms with Crippen LogP contribution in [0.4, 0.5) is 0 Å². The second-order valence-corrected chi connectivity index (χ2v) is 7.02. The van der Waals surface area contributed by atoms with E-state index in [9.17, 15) is 0 Å². The third kappa shape index (κ3) is 4.63. The highest BCUT2D eigenvalue weighted by atomic mass is 32.1. The van der Waals surface area contributed by atoms with Gasteiger partial charge in [0, 0.05) is 31.5 Å². The van der Waals surface area contributed by atoms with E-state index in [0.717, 1.165) is 26.1 Å². The van der Waals surface area contributed by atoms with Crippen LogP contribution in [0.3, 0.4) is 0 Å². The summed E-state index contributed by atoms with van der Waals surface area (Å²) >= 11 is 1.76. The van der Waals surface area contributed by atoms with E-state index in [0.29, 0.717) is 6.10 Å².